The van der Waals surface area contributed by atoms with Crippen LogP contribution in [0, 0.1) is 11.3 Å². The van der Waals surface area contributed by atoms with Gasteiger partial charge in [0.05, 0.1) is 28.4 Å². The molecule has 9 rings (SSSR count). The number of benzene rings is 6. The zero-order valence-corrected chi connectivity index (χ0v) is 23.8. The van der Waals surface area contributed by atoms with Crippen molar-refractivity contribution in [3.8, 4) is 34.0 Å². The molecule has 0 fully saturated rings. The van der Waals surface area contributed by atoms with E-state index < -0.39 is 0 Å². The third kappa shape index (κ3) is 3.18. The first kappa shape index (κ1) is 24.1. The van der Waals surface area contributed by atoms with Gasteiger partial charge in [-0.25, -0.2) is 0 Å². The quantitative estimate of drug-likeness (QED) is 0.215. The summed E-state index contributed by atoms with van der Waals surface area (Å²) >= 11 is 0. The molecule has 0 amide bonds. The van der Waals surface area contributed by atoms with Crippen molar-refractivity contribution >= 4 is 43.7 Å². The van der Waals surface area contributed by atoms with Crippen LogP contribution in [0.25, 0.3) is 71.7 Å². The molecular weight excluding hydrogens is 524 g/mol. The molecule has 202 valence electrons. The number of hydrogen-bond donors (Lipinski definition) is 0. The first-order valence-electron chi connectivity index (χ1n) is 14.7. The lowest BCUT2D eigenvalue weighted by Crippen LogP contribution is -2.14. The molecule has 1 aliphatic rings. The fourth-order valence-corrected chi connectivity index (χ4v) is 7.40. The predicted octanol–water partition coefficient (Wildman–Crippen LogP) is 10.5. The molecule has 2 aromatic heterocycles. The maximum absolute atomic E-state index is 9.89. The largest absolute Gasteiger partial charge is 0.455 e. The van der Waals surface area contributed by atoms with Crippen LogP contribution in [0.3, 0.4) is 0 Å². The second kappa shape index (κ2) is 8.47. The molecule has 0 bridgehead atoms. The molecule has 0 aliphatic heterocycles. The molecule has 0 spiro atoms. The first-order chi connectivity index (χ1) is 21.0. The Hall–Kier alpha value is -5.59. The standard InChI is InChI=1S/C40H26N2O/c1-40(2)32-12-6-3-11-30(32)38-33(40)19-18-29-31-22-25(16-20-37(31)43-39(29)38)26-17-15-24(23-41)21-36(26)42-34-13-7-4-9-27(34)28-10-5-8-14-35(28)42/h3-22H,1-2H3. The average Bonchev–Trinajstić information content (AvgIpc) is 3.66. The molecule has 0 saturated heterocycles. The molecule has 3 nitrogen and oxygen atoms in total. The molecule has 0 atom stereocenters. The van der Waals surface area contributed by atoms with Gasteiger partial charge in [-0.2, -0.15) is 5.26 Å². The van der Waals surface area contributed by atoms with Gasteiger partial charge in [0.25, 0.3) is 0 Å². The lowest BCUT2D eigenvalue weighted by Gasteiger charge is -2.21. The minimum atomic E-state index is -0.0794. The summed E-state index contributed by atoms with van der Waals surface area (Å²) in [5, 5.41) is 14.5. The Bertz CT molecular complexity index is 2450. The van der Waals surface area contributed by atoms with Crippen LogP contribution in [0.2, 0.25) is 0 Å². The van der Waals surface area contributed by atoms with E-state index in [4.69, 9.17) is 4.42 Å². The van der Waals surface area contributed by atoms with E-state index in [0.717, 1.165) is 49.8 Å². The van der Waals surface area contributed by atoms with Crippen molar-refractivity contribution in [2.75, 3.05) is 0 Å². The van der Waals surface area contributed by atoms with E-state index in [0.29, 0.717) is 5.56 Å². The molecule has 0 unspecified atom stereocenters. The lowest BCUT2D eigenvalue weighted by atomic mass is 9.82. The predicted molar refractivity (Wildman–Crippen MR) is 176 cm³/mol. The van der Waals surface area contributed by atoms with Crippen LogP contribution in [0.4, 0.5) is 0 Å². The Kier molecular flexibility index (Phi) is 4.74. The molecule has 2 heterocycles. The van der Waals surface area contributed by atoms with Crippen LogP contribution >= 0.6 is 0 Å². The Morgan fingerprint density at radius 1 is 0.628 bits per heavy atom. The summed E-state index contributed by atoms with van der Waals surface area (Å²) in [6.45, 7) is 4.59. The molecule has 8 aromatic rings. The summed E-state index contributed by atoms with van der Waals surface area (Å²) in [4.78, 5) is 0. The SMILES string of the molecule is CC1(C)c2ccccc2-c2c1ccc1c2oc2ccc(-c3ccc(C#N)cc3-n3c4ccccc4c4ccccc43)cc21. The van der Waals surface area contributed by atoms with Gasteiger partial charge in [0.15, 0.2) is 0 Å². The van der Waals surface area contributed by atoms with Crippen LogP contribution in [-0.2, 0) is 5.41 Å². The maximum atomic E-state index is 9.89. The van der Waals surface area contributed by atoms with Gasteiger partial charge in [0.1, 0.15) is 11.2 Å². The van der Waals surface area contributed by atoms with Crippen molar-refractivity contribution in [2.24, 2.45) is 0 Å². The summed E-state index contributed by atoms with van der Waals surface area (Å²) in [7, 11) is 0. The van der Waals surface area contributed by atoms with Gasteiger partial charge in [-0.3, -0.25) is 0 Å². The highest BCUT2D eigenvalue weighted by Crippen LogP contribution is 2.52. The maximum Gasteiger partial charge on any atom is 0.143 e. The van der Waals surface area contributed by atoms with E-state index >= 15 is 0 Å². The van der Waals surface area contributed by atoms with Crippen molar-refractivity contribution in [3.05, 3.63) is 138 Å². The highest BCUT2D eigenvalue weighted by molar-refractivity contribution is 6.13. The molecule has 6 aromatic carbocycles. The van der Waals surface area contributed by atoms with Gasteiger partial charge in [-0.15, -0.1) is 0 Å². The van der Waals surface area contributed by atoms with Crippen LogP contribution in [-0.4, -0.2) is 4.57 Å². The van der Waals surface area contributed by atoms with E-state index in [-0.39, 0.29) is 5.41 Å². The average molecular weight is 551 g/mol. The van der Waals surface area contributed by atoms with E-state index in [9.17, 15) is 5.26 Å². The van der Waals surface area contributed by atoms with Gasteiger partial charge in [-0.05, 0) is 58.7 Å². The number of furan rings is 1. The number of fused-ring (bicyclic) bond motifs is 10. The third-order valence-electron chi connectivity index (χ3n) is 9.44. The van der Waals surface area contributed by atoms with Gasteiger partial charge < -0.3 is 8.98 Å². The van der Waals surface area contributed by atoms with Crippen molar-refractivity contribution < 1.29 is 4.42 Å². The Balaban J connectivity index is 1.31. The fraction of sp³-hybridized carbons (Fsp3) is 0.0750. The van der Waals surface area contributed by atoms with Crippen LogP contribution in [0.5, 0.6) is 0 Å². The number of nitrogens with zero attached hydrogens (tertiary/aromatic N) is 2. The Labute approximate surface area is 248 Å². The zero-order valence-electron chi connectivity index (χ0n) is 23.8. The van der Waals surface area contributed by atoms with Crippen LogP contribution < -0.4 is 0 Å². The summed E-state index contributed by atoms with van der Waals surface area (Å²) in [5.74, 6) is 0. The second-order valence-electron chi connectivity index (χ2n) is 12.1. The first-order valence-corrected chi connectivity index (χ1v) is 14.7. The smallest absolute Gasteiger partial charge is 0.143 e. The number of para-hydroxylation sites is 2. The minimum absolute atomic E-state index is 0.0794. The molecule has 43 heavy (non-hydrogen) atoms. The van der Waals surface area contributed by atoms with Crippen molar-refractivity contribution in [1.29, 1.82) is 5.26 Å². The number of nitriles is 1. The summed E-state index contributed by atoms with van der Waals surface area (Å²) in [6.07, 6.45) is 0. The summed E-state index contributed by atoms with van der Waals surface area (Å²) in [5.41, 5.74) is 12.9. The zero-order chi connectivity index (χ0) is 28.9. The molecule has 3 heteroatoms. The van der Waals surface area contributed by atoms with E-state index in [2.05, 4.69) is 134 Å². The van der Waals surface area contributed by atoms with Crippen molar-refractivity contribution in [2.45, 2.75) is 19.3 Å². The van der Waals surface area contributed by atoms with Crippen LogP contribution in [0.1, 0.15) is 30.5 Å². The minimum Gasteiger partial charge on any atom is -0.455 e. The molecular formula is C40H26N2O. The van der Waals surface area contributed by atoms with E-state index in [1.165, 1.54) is 33.0 Å². The van der Waals surface area contributed by atoms with E-state index in [1.807, 2.05) is 12.1 Å². The highest BCUT2D eigenvalue weighted by Gasteiger charge is 2.37. The van der Waals surface area contributed by atoms with Crippen molar-refractivity contribution in [1.82, 2.24) is 4.57 Å². The lowest BCUT2D eigenvalue weighted by molar-refractivity contribution is 0.653. The number of aromatic nitrogens is 1. The van der Waals surface area contributed by atoms with Gasteiger partial charge >= 0.3 is 0 Å². The monoisotopic (exact) mass is 550 g/mol. The van der Waals surface area contributed by atoms with Crippen LogP contribution in [0.15, 0.2) is 126 Å². The fourth-order valence-electron chi connectivity index (χ4n) is 7.40. The van der Waals surface area contributed by atoms with Crippen molar-refractivity contribution in [3.63, 3.8) is 0 Å². The summed E-state index contributed by atoms with van der Waals surface area (Å²) < 4.78 is 8.94. The van der Waals surface area contributed by atoms with Gasteiger partial charge in [0.2, 0.25) is 0 Å². The Morgan fingerprint density at radius 3 is 2.12 bits per heavy atom. The third-order valence-corrected chi connectivity index (χ3v) is 9.44. The topological polar surface area (TPSA) is 41.9 Å². The number of hydrogen-bond acceptors (Lipinski definition) is 2. The second-order valence-corrected chi connectivity index (χ2v) is 12.1. The molecule has 0 saturated carbocycles. The molecule has 1 aliphatic carbocycles. The van der Waals surface area contributed by atoms with Gasteiger partial charge in [0, 0.05) is 38.1 Å². The normalized spacial score (nSPS) is 13.5. The Morgan fingerprint density at radius 2 is 1.35 bits per heavy atom. The highest BCUT2D eigenvalue weighted by atomic mass is 16.3. The molecule has 0 radical (unpaired) electrons. The van der Waals surface area contributed by atoms with Gasteiger partial charge in [-0.1, -0.05) is 98.8 Å². The summed E-state index contributed by atoms with van der Waals surface area (Å²) in [6, 6.07) is 45.0. The molecule has 0 N–H and O–H groups in total. The number of rotatable bonds is 2. The van der Waals surface area contributed by atoms with E-state index in [1.54, 1.807) is 0 Å².